The van der Waals surface area contributed by atoms with Crippen LogP contribution in [0.3, 0.4) is 0 Å². The monoisotopic (exact) mass is 274 g/mol. The zero-order valence-electron chi connectivity index (χ0n) is 11.7. The number of nitrogens with one attached hydrogen (secondary N) is 4. The number of allylic oxidation sites excluding steroid dienone is 4. The molecule has 1 aliphatic heterocycles. The molecule has 1 aliphatic rings. The molecule has 0 aromatic carbocycles. The van der Waals surface area contributed by atoms with Gasteiger partial charge in [-0.05, 0) is 26.8 Å². The number of aromatic nitrogens is 2. The average Bonchev–Trinajstić information content (AvgIpc) is 2.89. The molecule has 1 aromatic heterocycles. The number of H-pyrrole nitrogens is 2. The highest BCUT2D eigenvalue weighted by atomic mass is 16.2. The Balaban J connectivity index is 2.14. The molecule has 1 aromatic rings. The lowest BCUT2D eigenvalue weighted by Crippen LogP contribution is -2.29. The second-order valence-corrected chi connectivity index (χ2v) is 4.80. The highest BCUT2D eigenvalue weighted by molar-refractivity contribution is 5.96. The predicted octanol–water partition coefficient (Wildman–Crippen LogP) is 0.920. The van der Waals surface area contributed by atoms with Gasteiger partial charge in [-0.15, -0.1) is 0 Å². The molecule has 106 valence electrons. The lowest BCUT2D eigenvalue weighted by atomic mass is 10.1. The van der Waals surface area contributed by atoms with E-state index in [2.05, 4.69) is 21.0 Å². The van der Waals surface area contributed by atoms with Gasteiger partial charge in [0, 0.05) is 11.3 Å². The van der Waals surface area contributed by atoms with Crippen LogP contribution in [-0.2, 0) is 4.79 Å². The molecule has 0 saturated carbocycles. The summed E-state index contributed by atoms with van der Waals surface area (Å²) in [5.74, 6) is -0.108. The van der Waals surface area contributed by atoms with Gasteiger partial charge in [-0.2, -0.15) is 0 Å². The Kier molecular flexibility index (Phi) is 4.05. The smallest absolute Gasteiger partial charge is 0.271 e. The van der Waals surface area contributed by atoms with Crippen molar-refractivity contribution in [1.82, 2.24) is 21.0 Å². The summed E-state index contributed by atoms with van der Waals surface area (Å²) in [6, 6.07) is -0.00899. The molecule has 1 fully saturated rings. The zero-order chi connectivity index (χ0) is 14.7. The quantitative estimate of drug-likeness (QED) is 0.488. The highest BCUT2D eigenvalue weighted by Crippen LogP contribution is 2.09. The number of hydrogen-bond donors (Lipinski definition) is 4. The molecular weight excluding hydrogens is 256 g/mol. The van der Waals surface area contributed by atoms with Crippen molar-refractivity contribution < 1.29 is 4.79 Å². The summed E-state index contributed by atoms with van der Waals surface area (Å²) in [6.45, 7) is 5.65. The minimum absolute atomic E-state index is 0.00899. The van der Waals surface area contributed by atoms with Gasteiger partial charge in [-0.1, -0.05) is 23.8 Å². The van der Waals surface area contributed by atoms with E-state index in [0.717, 1.165) is 11.3 Å². The lowest BCUT2D eigenvalue weighted by molar-refractivity contribution is -0.116. The number of carbonyl (C=O) groups is 1. The maximum atomic E-state index is 11.5. The van der Waals surface area contributed by atoms with E-state index >= 15 is 0 Å². The second kappa shape index (κ2) is 5.75. The van der Waals surface area contributed by atoms with Crippen molar-refractivity contribution in [2.45, 2.75) is 26.8 Å². The van der Waals surface area contributed by atoms with Gasteiger partial charge >= 0.3 is 0 Å². The molecular formula is C14H18N4O2. The maximum absolute atomic E-state index is 11.5. The first-order valence-corrected chi connectivity index (χ1v) is 6.38. The Morgan fingerprint density at radius 3 is 2.55 bits per heavy atom. The molecule has 0 aliphatic carbocycles. The van der Waals surface area contributed by atoms with Crippen molar-refractivity contribution in [1.29, 1.82) is 0 Å². The van der Waals surface area contributed by atoms with E-state index in [-0.39, 0.29) is 17.5 Å². The van der Waals surface area contributed by atoms with E-state index in [1.807, 2.05) is 32.9 Å². The van der Waals surface area contributed by atoms with E-state index in [9.17, 15) is 9.59 Å². The molecule has 20 heavy (non-hydrogen) atoms. The molecule has 6 nitrogen and oxygen atoms in total. The summed E-state index contributed by atoms with van der Waals surface area (Å²) < 4.78 is 0. The van der Waals surface area contributed by atoms with Gasteiger partial charge in [0.25, 0.3) is 11.5 Å². The molecule has 0 radical (unpaired) electrons. The van der Waals surface area contributed by atoms with Crippen molar-refractivity contribution in [3.8, 4) is 0 Å². The third-order valence-electron chi connectivity index (χ3n) is 3.18. The first-order valence-electron chi connectivity index (χ1n) is 6.38. The number of hydrazine groups is 1. The molecule has 2 heterocycles. The van der Waals surface area contributed by atoms with Crippen LogP contribution in [0.25, 0.3) is 6.08 Å². The van der Waals surface area contributed by atoms with E-state index < -0.39 is 0 Å². The van der Waals surface area contributed by atoms with Crippen LogP contribution in [0.15, 0.2) is 34.2 Å². The Labute approximate surface area is 116 Å². The summed E-state index contributed by atoms with van der Waals surface area (Å²) in [5.41, 5.74) is 8.31. The average molecular weight is 274 g/mol. The summed E-state index contributed by atoms with van der Waals surface area (Å²) >= 11 is 0. The Bertz CT molecular complexity index is 661. The largest absolute Gasteiger partial charge is 0.302 e. The minimum atomic E-state index is -0.141. The van der Waals surface area contributed by atoms with Gasteiger partial charge in [-0.25, -0.2) is 5.43 Å². The third-order valence-corrected chi connectivity index (χ3v) is 3.18. The van der Waals surface area contributed by atoms with Crippen molar-refractivity contribution in [2.24, 2.45) is 0 Å². The predicted molar refractivity (Wildman–Crippen MR) is 77.8 cm³/mol. The first kappa shape index (κ1) is 14.1. The van der Waals surface area contributed by atoms with Gasteiger partial charge in [0.05, 0.1) is 11.6 Å². The minimum Gasteiger partial charge on any atom is -0.302 e. The van der Waals surface area contributed by atoms with Gasteiger partial charge in [0.15, 0.2) is 0 Å². The van der Waals surface area contributed by atoms with Gasteiger partial charge in [0.2, 0.25) is 0 Å². The van der Waals surface area contributed by atoms with Crippen LogP contribution >= 0.6 is 0 Å². The summed E-state index contributed by atoms with van der Waals surface area (Å²) in [5, 5.41) is 5.29. The topological polar surface area (TPSA) is 89.8 Å². The van der Waals surface area contributed by atoms with Gasteiger partial charge in [0.1, 0.15) is 0 Å². The molecule has 2 rings (SSSR count). The van der Waals surface area contributed by atoms with Crippen LogP contribution < -0.4 is 16.4 Å². The first-order chi connectivity index (χ1) is 9.49. The molecule has 6 heteroatoms. The van der Waals surface area contributed by atoms with E-state index in [1.165, 1.54) is 0 Å². The fourth-order valence-corrected chi connectivity index (χ4v) is 1.89. The standard InChI is InChI=1S/C14H18N4O2/c1-8(4-6-11-9(2)15-17-13(11)19)5-7-12-10(3)16-18-14(12)20/h4-7,9,15H,1-3H3,(H,17,19)(H2,16,18,20)/b7-5?,8-4?,11-6-. The van der Waals surface area contributed by atoms with E-state index in [4.69, 9.17) is 0 Å². The van der Waals surface area contributed by atoms with Gasteiger partial charge < -0.3 is 5.10 Å². The summed E-state index contributed by atoms with van der Waals surface area (Å²) in [7, 11) is 0. The molecule has 1 saturated heterocycles. The second-order valence-electron chi connectivity index (χ2n) is 4.80. The van der Waals surface area contributed by atoms with Gasteiger partial charge in [-0.3, -0.25) is 20.1 Å². The summed E-state index contributed by atoms with van der Waals surface area (Å²) in [6.07, 6.45) is 7.23. The molecule has 1 atom stereocenters. The third kappa shape index (κ3) is 2.97. The fraction of sp³-hybridized carbons (Fsp3) is 0.286. The van der Waals surface area contributed by atoms with Crippen molar-refractivity contribution in [2.75, 3.05) is 0 Å². The Morgan fingerprint density at radius 1 is 1.25 bits per heavy atom. The highest BCUT2D eigenvalue weighted by Gasteiger charge is 2.22. The maximum Gasteiger partial charge on any atom is 0.271 e. The number of rotatable bonds is 3. The Morgan fingerprint density at radius 2 is 2.00 bits per heavy atom. The normalized spacial score (nSPS) is 21.9. The zero-order valence-corrected chi connectivity index (χ0v) is 11.7. The molecule has 0 bridgehead atoms. The van der Waals surface area contributed by atoms with Crippen molar-refractivity contribution in [3.63, 3.8) is 0 Å². The number of amides is 1. The van der Waals surface area contributed by atoms with Crippen LogP contribution in [-0.4, -0.2) is 22.1 Å². The van der Waals surface area contributed by atoms with Crippen LogP contribution in [0.5, 0.6) is 0 Å². The van der Waals surface area contributed by atoms with E-state index in [1.54, 1.807) is 12.2 Å². The SMILES string of the molecule is CC(C=Cc1c(C)[nH][nH]c1=O)=C/C=C1\C(=O)NNC1C. The number of aryl methyl sites for hydroxylation is 1. The Hall–Kier alpha value is -2.34. The fourth-order valence-electron chi connectivity index (χ4n) is 1.89. The van der Waals surface area contributed by atoms with Crippen molar-refractivity contribution >= 4 is 12.0 Å². The molecule has 1 unspecified atom stereocenters. The van der Waals surface area contributed by atoms with E-state index in [0.29, 0.717) is 11.1 Å². The van der Waals surface area contributed by atoms with Crippen LogP contribution in [0.1, 0.15) is 25.1 Å². The summed E-state index contributed by atoms with van der Waals surface area (Å²) in [4.78, 5) is 23.0. The number of carbonyl (C=O) groups excluding carboxylic acids is 1. The molecule has 4 N–H and O–H groups in total. The van der Waals surface area contributed by atoms with Crippen LogP contribution in [0.4, 0.5) is 0 Å². The molecule has 0 spiro atoms. The molecule has 1 amide bonds. The van der Waals surface area contributed by atoms with Crippen LogP contribution in [0.2, 0.25) is 0 Å². The number of hydrogen-bond acceptors (Lipinski definition) is 3. The number of aromatic amines is 2. The van der Waals surface area contributed by atoms with Crippen LogP contribution in [0, 0.1) is 6.92 Å². The lowest BCUT2D eigenvalue weighted by Gasteiger charge is -1.99. The van der Waals surface area contributed by atoms with Crippen molar-refractivity contribution in [3.05, 3.63) is 51.0 Å².